The number of ketones is 1. The highest BCUT2D eigenvalue weighted by molar-refractivity contribution is 6.08. The van der Waals surface area contributed by atoms with Crippen molar-refractivity contribution in [3.63, 3.8) is 0 Å². The van der Waals surface area contributed by atoms with Gasteiger partial charge < -0.3 is 24.1 Å². The molecule has 0 aromatic heterocycles. The molecule has 0 bridgehead atoms. The lowest BCUT2D eigenvalue weighted by molar-refractivity contribution is -0.165. The van der Waals surface area contributed by atoms with Gasteiger partial charge in [-0.25, -0.2) is 9.59 Å². The molecule has 1 amide bonds. The average molecular weight is 474 g/mol. The van der Waals surface area contributed by atoms with Crippen molar-refractivity contribution in [3.8, 4) is 22.6 Å². The van der Waals surface area contributed by atoms with Gasteiger partial charge in [0.2, 0.25) is 5.78 Å². The second-order valence-electron chi connectivity index (χ2n) is 8.36. The van der Waals surface area contributed by atoms with Crippen LogP contribution in [0.4, 0.5) is 4.79 Å². The number of Topliss-reactive ketones (excluding diaryl/α,β-unsaturated/α-hetero) is 1. The van der Waals surface area contributed by atoms with E-state index in [1.807, 2.05) is 30.3 Å². The Morgan fingerprint density at radius 2 is 1.68 bits per heavy atom. The van der Waals surface area contributed by atoms with E-state index in [1.165, 1.54) is 13.0 Å². The summed E-state index contributed by atoms with van der Waals surface area (Å²) in [5.74, 6) is -1.98. The van der Waals surface area contributed by atoms with Gasteiger partial charge in [0, 0.05) is 19.1 Å². The summed E-state index contributed by atoms with van der Waals surface area (Å²) in [5.41, 5.74) is -2.20. The molecule has 0 saturated heterocycles. The van der Waals surface area contributed by atoms with Crippen molar-refractivity contribution in [2.75, 3.05) is 20.3 Å². The van der Waals surface area contributed by atoms with Crippen LogP contribution in [0.25, 0.3) is 11.1 Å². The molecule has 2 aromatic rings. The van der Waals surface area contributed by atoms with Crippen molar-refractivity contribution in [1.82, 2.24) is 5.32 Å². The van der Waals surface area contributed by atoms with Gasteiger partial charge in [0.1, 0.15) is 23.7 Å². The monoisotopic (exact) mass is 473 g/mol. The van der Waals surface area contributed by atoms with E-state index in [9.17, 15) is 19.5 Å². The van der Waals surface area contributed by atoms with E-state index in [-0.39, 0.29) is 12.2 Å². The third-order valence-corrected chi connectivity index (χ3v) is 4.54. The van der Waals surface area contributed by atoms with E-state index in [0.717, 1.165) is 5.56 Å². The zero-order valence-corrected chi connectivity index (χ0v) is 20.0. The van der Waals surface area contributed by atoms with E-state index >= 15 is 0 Å². The molecule has 2 N–H and O–H groups in total. The van der Waals surface area contributed by atoms with Crippen molar-refractivity contribution in [1.29, 1.82) is 0 Å². The van der Waals surface area contributed by atoms with Crippen molar-refractivity contribution in [3.05, 3.63) is 48.5 Å². The van der Waals surface area contributed by atoms with E-state index in [2.05, 4.69) is 5.32 Å². The predicted molar refractivity (Wildman–Crippen MR) is 125 cm³/mol. The summed E-state index contributed by atoms with van der Waals surface area (Å²) >= 11 is 0. The number of hydrogen-bond donors (Lipinski definition) is 2. The maximum absolute atomic E-state index is 12.8. The van der Waals surface area contributed by atoms with Gasteiger partial charge in [-0.05, 0) is 44.5 Å². The first-order valence-electron chi connectivity index (χ1n) is 10.8. The van der Waals surface area contributed by atoms with Crippen LogP contribution in [0.1, 0.15) is 34.1 Å². The van der Waals surface area contributed by atoms with E-state index in [4.69, 9.17) is 18.9 Å². The number of methoxy groups -OCH3 is 1. The highest BCUT2D eigenvalue weighted by Gasteiger charge is 2.50. The van der Waals surface area contributed by atoms with Crippen molar-refractivity contribution in [2.45, 2.75) is 45.4 Å². The van der Waals surface area contributed by atoms with Crippen LogP contribution in [0.3, 0.4) is 0 Å². The Balaban J connectivity index is 2.50. The van der Waals surface area contributed by atoms with Gasteiger partial charge in [0.05, 0.1) is 6.61 Å². The number of rotatable bonds is 11. The molecule has 0 radical (unpaired) electrons. The smallest absolute Gasteiger partial charge is 0.411 e. The van der Waals surface area contributed by atoms with E-state index < -0.39 is 29.2 Å². The Morgan fingerprint density at radius 3 is 2.24 bits per heavy atom. The highest BCUT2D eigenvalue weighted by atomic mass is 16.6. The molecule has 34 heavy (non-hydrogen) atoms. The van der Waals surface area contributed by atoms with Gasteiger partial charge in [-0.15, -0.1) is 0 Å². The largest absolute Gasteiger partial charge is 0.491 e. The lowest BCUT2D eigenvalue weighted by Gasteiger charge is -2.31. The average Bonchev–Trinajstić information content (AvgIpc) is 2.78. The maximum Gasteiger partial charge on any atom is 0.411 e. The number of carbonyl (C=O) groups is 3. The topological polar surface area (TPSA) is 120 Å². The fourth-order valence-electron chi connectivity index (χ4n) is 3.02. The molecule has 0 aliphatic heterocycles. The molecule has 0 saturated carbocycles. The van der Waals surface area contributed by atoms with Crippen LogP contribution in [0.5, 0.6) is 11.5 Å². The fraction of sp³-hybridized carbons (Fsp3) is 0.400. The van der Waals surface area contributed by atoms with Crippen LogP contribution in [-0.2, 0) is 19.1 Å². The summed E-state index contributed by atoms with van der Waals surface area (Å²) in [7, 11) is 1.56. The van der Waals surface area contributed by atoms with Crippen molar-refractivity contribution < 1.29 is 38.4 Å². The first-order chi connectivity index (χ1) is 16.0. The summed E-state index contributed by atoms with van der Waals surface area (Å²) in [5, 5.41) is 12.1. The molecule has 1 unspecified atom stereocenters. The Kier molecular flexibility index (Phi) is 9.03. The first kappa shape index (κ1) is 26.7. The number of benzene rings is 2. The standard InChI is InChI=1S/C25H31NO8/c1-6-21(27)25(22(28)29,26-23(30)34-24(2,3)4)33-18-12-13-20(32-15-14-31-5)19(16-18)17-10-8-7-9-11-17/h7-13,16H,6,14-15H2,1-5H3,(H,26,30)(H,28,29). The minimum Gasteiger partial charge on any atom is -0.491 e. The Hall–Kier alpha value is -3.59. The number of carbonyl (C=O) groups excluding carboxylic acids is 2. The molecule has 184 valence electrons. The second kappa shape index (κ2) is 11.5. The van der Waals surface area contributed by atoms with Gasteiger partial charge in [-0.3, -0.25) is 10.1 Å². The van der Waals surface area contributed by atoms with Gasteiger partial charge in [0.25, 0.3) is 0 Å². The van der Waals surface area contributed by atoms with Crippen LogP contribution in [-0.4, -0.2) is 54.6 Å². The number of aliphatic carboxylic acids is 1. The normalized spacial score (nSPS) is 12.9. The minimum absolute atomic E-state index is 0.0400. The molecule has 0 aliphatic rings. The predicted octanol–water partition coefficient (Wildman–Crippen LogP) is 4.04. The van der Waals surface area contributed by atoms with Crippen molar-refractivity contribution >= 4 is 17.8 Å². The van der Waals surface area contributed by atoms with Gasteiger partial charge in [-0.1, -0.05) is 37.3 Å². The molecule has 0 spiro atoms. The van der Waals surface area contributed by atoms with Gasteiger partial charge in [0.15, 0.2) is 0 Å². The molecule has 0 heterocycles. The summed E-state index contributed by atoms with van der Waals surface area (Å²) in [6.45, 7) is 7.00. The van der Waals surface area contributed by atoms with Crippen LogP contribution in [0, 0.1) is 0 Å². The van der Waals surface area contributed by atoms with Gasteiger partial charge in [-0.2, -0.15) is 0 Å². The minimum atomic E-state index is -2.68. The van der Waals surface area contributed by atoms with E-state index in [1.54, 1.807) is 40.0 Å². The second-order valence-corrected chi connectivity index (χ2v) is 8.36. The maximum atomic E-state index is 12.8. The van der Waals surface area contributed by atoms with E-state index in [0.29, 0.717) is 24.5 Å². The van der Waals surface area contributed by atoms with Crippen LogP contribution in [0.15, 0.2) is 48.5 Å². The number of carboxylic acid groups (broad SMARTS) is 1. The lowest BCUT2D eigenvalue weighted by Crippen LogP contribution is -2.64. The Morgan fingerprint density at radius 1 is 1.00 bits per heavy atom. The molecule has 2 aromatic carbocycles. The van der Waals surface area contributed by atoms with Crippen molar-refractivity contribution in [2.24, 2.45) is 0 Å². The SMILES string of the molecule is CCC(=O)C(NC(=O)OC(C)(C)C)(Oc1ccc(OCCOC)c(-c2ccccc2)c1)C(=O)O. The number of ether oxygens (including phenoxy) is 4. The Bertz CT molecular complexity index is 1000. The summed E-state index contributed by atoms with van der Waals surface area (Å²) in [4.78, 5) is 37.4. The zero-order valence-electron chi connectivity index (χ0n) is 20.0. The number of alkyl carbamates (subject to hydrolysis) is 1. The summed E-state index contributed by atoms with van der Waals surface area (Å²) < 4.78 is 21.7. The molecule has 2 rings (SSSR count). The van der Waals surface area contributed by atoms with Crippen LogP contribution < -0.4 is 14.8 Å². The number of amides is 1. The number of nitrogens with one attached hydrogen (secondary N) is 1. The number of carboxylic acids is 1. The molecule has 0 aliphatic carbocycles. The summed E-state index contributed by atoms with van der Waals surface area (Å²) in [6.07, 6.45) is -1.30. The zero-order chi connectivity index (χ0) is 25.4. The molecule has 1 atom stereocenters. The molecule has 0 fully saturated rings. The van der Waals surface area contributed by atoms with Crippen LogP contribution >= 0.6 is 0 Å². The molecule has 9 nitrogen and oxygen atoms in total. The molecular weight excluding hydrogens is 442 g/mol. The van der Waals surface area contributed by atoms with Gasteiger partial charge >= 0.3 is 17.8 Å². The molecule has 9 heteroatoms. The summed E-state index contributed by atoms with van der Waals surface area (Å²) in [6, 6.07) is 13.9. The number of hydrogen-bond acceptors (Lipinski definition) is 7. The third kappa shape index (κ3) is 6.95. The quantitative estimate of drug-likeness (QED) is 0.285. The first-order valence-corrected chi connectivity index (χ1v) is 10.8. The third-order valence-electron chi connectivity index (χ3n) is 4.54. The highest BCUT2D eigenvalue weighted by Crippen LogP contribution is 2.35. The Labute approximate surface area is 199 Å². The van der Waals surface area contributed by atoms with Crippen LogP contribution in [0.2, 0.25) is 0 Å². The molecular formula is C25H31NO8. The lowest BCUT2D eigenvalue weighted by atomic mass is 10.0. The fourth-order valence-corrected chi connectivity index (χ4v) is 3.02.